The van der Waals surface area contributed by atoms with E-state index >= 15 is 0 Å². The second-order valence-corrected chi connectivity index (χ2v) is 6.67. The van der Waals surface area contributed by atoms with Gasteiger partial charge in [-0.3, -0.25) is 4.79 Å². The Morgan fingerprint density at radius 2 is 1.88 bits per heavy atom. The first kappa shape index (κ1) is 14.3. The van der Waals surface area contributed by atoms with Gasteiger partial charge in [-0.05, 0) is 30.4 Å². The van der Waals surface area contributed by atoms with Crippen LogP contribution in [-0.2, 0) is 4.79 Å². The molecule has 0 N–H and O–H groups in total. The molecule has 0 saturated carbocycles. The van der Waals surface area contributed by atoms with Crippen LogP contribution in [0.4, 0.5) is 0 Å². The molecule has 2 heteroatoms. The minimum Gasteiger partial charge on any atom is -0.299 e. The molecule has 0 spiro atoms. The SMILES string of the molecule is Cc1ccccc1SCC(=O)CCC(C)(C)C. The first-order valence-corrected chi connectivity index (χ1v) is 7.07. The molecule has 0 heterocycles. The zero-order chi connectivity index (χ0) is 12.9. The van der Waals surface area contributed by atoms with Gasteiger partial charge in [-0.25, -0.2) is 0 Å². The third-order valence-corrected chi connectivity index (χ3v) is 3.87. The molecule has 94 valence electrons. The van der Waals surface area contributed by atoms with Crippen LogP contribution in [0, 0.1) is 12.3 Å². The standard InChI is InChI=1S/C15H22OS/c1-12-7-5-6-8-14(12)17-11-13(16)9-10-15(2,3)4/h5-8H,9-11H2,1-4H3. The van der Waals surface area contributed by atoms with Crippen molar-refractivity contribution in [2.75, 3.05) is 5.75 Å². The van der Waals surface area contributed by atoms with Crippen LogP contribution in [0.5, 0.6) is 0 Å². The monoisotopic (exact) mass is 250 g/mol. The van der Waals surface area contributed by atoms with Crippen LogP contribution in [0.1, 0.15) is 39.2 Å². The fourth-order valence-electron chi connectivity index (χ4n) is 1.46. The zero-order valence-electron chi connectivity index (χ0n) is 11.2. The molecule has 1 rings (SSSR count). The highest BCUT2D eigenvalue weighted by atomic mass is 32.2. The number of thioether (sulfide) groups is 1. The molecule has 0 saturated heterocycles. The van der Waals surface area contributed by atoms with Crippen LogP contribution in [-0.4, -0.2) is 11.5 Å². The van der Waals surface area contributed by atoms with Crippen molar-refractivity contribution < 1.29 is 4.79 Å². The van der Waals surface area contributed by atoms with Gasteiger partial charge >= 0.3 is 0 Å². The Morgan fingerprint density at radius 3 is 2.47 bits per heavy atom. The number of hydrogen-bond donors (Lipinski definition) is 0. The van der Waals surface area contributed by atoms with Gasteiger partial charge in [0.2, 0.25) is 0 Å². The van der Waals surface area contributed by atoms with Crippen molar-refractivity contribution in [1.82, 2.24) is 0 Å². The molecule has 0 aliphatic rings. The zero-order valence-corrected chi connectivity index (χ0v) is 12.1. The summed E-state index contributed by atoms with van der Waals surface area (Å²) in [6.07, 6.45) is 1.67. The number of hydrogen-bond acceptors (Lipinski definition) is 2. The number of aryl methyl sites for hydroxylation is 1. The van der Waals surface area contributed by atoms with Gasteiger partial charge in [0.1, 0.15) is 5.78 Å². The average molecular weight is 250 g/mol. The molecule has 1 aromatic rings. The molecule has 0 bridgehead atoms. The van der Waals surface area contributed by atoms with Crippen LogP contribution >= 0.6 is 11.8 Å². The van der Waals surface area contributed by atoms with Crippen LogP contribution in [0.2, 0.25) is 0 Å². The number of rotatable bonds is 5. The molecule has 1 nitrogen and oxygen atoms in total. The van der Waals surface area contributed by atoms with Gasteiger partial charge < -0.3 is 0 Å². The predicted octanol–water partition coefficient (Wildman–Crippen LogP) is 4.48. The molecule has 17 heavy (non-hydrogen) atoms. The Labute approximate surface area is 109 Å². The van der Waals surface area contributed by atoms with Crippen molar-refractivity contribution in [3.05, 3.63) is 29.8 Å². The number of carbonyl (C=O) groups is 1. The van der Waals surface area contributed by atoms with E-state index in [0.717, 1.165) is 6.42 Å². The summed E-state index contributed by atoms with van der Waals surface area (Å²) in [5.41, 5.74) is 1.50. The van der Waals surface area contributed by atoms with Gasteiger partial charge in [-0.15, -0.1) is 11.8 Å². The lowest BCUT2D eigenvalue weighted by atomic mass is 9.90. The number of ketones is 1. The maximum atomic E-state index is 11.8. The first-order chi connectivity index (χ1) is 7.88. The third kappa shape index (κ3) is 5.92. The number of Topliss-reactive ketones (excluding diaryl/α,β-unsaturated/α-hetero) is 1. The highest BCUT2D eigenvalue weighted by molar-refractivity contribution is 8.00. The molecule has 0 radical (unpaired) electrons. The van der Waals surface area contributed by atoms with Gasteiger partial charge in [-0.1, -0.05) is 39.0 Å². The summed E-state index contributed by atoms with van der Waals surface area (Å²) in [4.78, 5) is 13.0. The quantitative estimate of drug-likeness (QED) is 0.717. The molecule has 0 aliphatic heterocycles. The second-order valence-electron chi connectivity index (χ2n) is 5.65. The summed E-state index contributed by atoms with van der Waals surface area (Å²) in [6, 6.07) is 8.22. The average Bonchev–Trinajstić information content (AvgIpc) is 2.24. The van der Waals surface area contributed by atoms with E-state index in [1.54, 1.807) is 11.8 Å². The van der Waals surface area contributed by atoms with E-state index in [1.807, 2.05) is 12.1 Å². The molecular formula is C15H22OS. The van der Waals surface area contributed by atoms with Crippen molar-refractivity contribution >= 4 is 17.5 Å². The van der Waals surface area contributed by atoms with Crippen molar-refractivity contribution in [1.29, 1.82) is 0 Å². The molecule has 0 fully saturated rings. The van der Waals surface area contributed by atoms with E-state index in [9.17, 15) is 4.79 Å². The van der Waals surface area contributed by atoms with E-state index in [2.05, 4.69) is 39.8 Å². The van der Waals surface area contributed by atoms with Gasteiger partial charge in [-0.2, -0.15) is 0 Å². The maximum Gasteiger partial charge on any atom is 0.143 e. The minimum absolute atomic E-state index is 0.253. The van der Waals surface area contributed by atoms with E-state index < -0.39 is 0 Å². The van der Waals surface area contributed by atoms with Gasteiger partial charge in [0.05, 0.1) is 5.75 Å². The number of benzene rings is 1. The van der Waals surface area contributed by atoms with Gasteiger partial charge in [0.25, 0.3) is 0 Å². The summed E-state index contributed by atoms with van der Waals surface area (Å²) in [6.45, 7) is 8.61. The first-order valence-electron chi connectivity index (χ1n) is 6.08. The van der Waals surface area contributed by atoms with E-state index in [0.29, 0.717) is 18.0 Å². The Balaban J connectivity index is 2.36. The Kier molecular flexibility index (Phi) is 5.26. The van der Waals surface area contributed by atoms with Crippen molar-refractivity contribution in [3.63, 3.8) is 0 Å². The van der Waals surface area contributed by atoms with Crippen LogP contribution in [0.25, 0.3) is 0 Å². The molecule has 1 aromatic carbocycles. The molecule has 0 amide bonds. The third-order valence-electron chi connectivity index (χ3n) is 2.64. The van der Waals surface area contributed by atoms with Crippen molar-refractivity contribution in [2.45, 2.75) is 45.4 Å². The lowest BCUT2D eigenvalue weighted by molar-refractivity contribution is -0.117. The molecule has 0 aliphatic carbocycles. The van der Waals surface area contributed by atoms with Crippen LogP contribution < -0.4 is 0 Å². The topological polar surface area (TPSA) is 17.1 Å². The summed E-state index contributed by atoms with van der Waals surface area (Å²) in [5, 5.41) is 0. The highest BCUT2D eigenvalue weighted by Crippen LogP contribution is 2.24. The van der Waals surface area contributed by atoms with Gasteiger partial charge in [0, 0.05) is 11.3 Å². The largest absolute Gasteiger partial charge is 0.299 e. The Bertz CT molecular complexity index is 377. The predicted molar refractivity (Wildman–Crippen MR) is 75.6 cm³/mol. The van der Waals surface area contributed by atoms with E-state index in [1.165, 1.54) is 10.5 Å². The molecular weight excluding hydrogens is 228 g/mol. The maximum absolute atomic E-state index is 11.8. The van der Waals surface area contributed by atoms with Crippen molar-refractivity contribution in [3.8, 4) is 0 Å². The van der Waals surface area contributed by atoms with E-state index in [4.69, 9.17) is 0 Å². The minimum atomic E-state index is 0.253. The summed E-state index contributed by atoms with van der Waals surface area (Å²) >= 11 is 1.66. The lowest BCUT2D eigenvalue weighted by Gasteiger charge is -2.16. The Morgan fingerprint density at radius 1 is 1.24 bits per heavy atom. The van der Waals surface area contributed by atoms with Crippen LogP contribution in [0.15, 0.2) is 29.2 Å². The second kappa shape index (κ2) is 6.25. The molecule has 0 aromatic heterocycles. The highest BCUT2D eigenvalue weighted by Gasteiger charge is 2.13. The smallest absolute Gasteiger partial charge is 0.143 e. The van der Waals surface area contributed by atoms with Crippen LogP contribution in [0.3, 0.4) is 0 Å². The molecule has 0 unspecified atom stereocenters. The summed E-state index contributed by atoms with van der Waals surface area (Å²) < 4.78 is 0. The summed E-state index contributed by atoms with van der Waals surface area (Å²) in [7, 11) is 0. The number of carbonyl (C=O) groups excluding carboxylic acids is 1. The van der Waals surface area contributed by atoms with Gasteiger partial charge in [0.15, 0.2) is 0 Å². The van der Waals surface area contributed by atoms with Crippen molar-refractivity contribution in [2.24, 2.45) is 5.41 Å². The Hall–Kier alpha value is -0.760. The molecule has 0 atom stereocenters. The van der Waals surface area contributed by atoms with E-state index in [-0.39, 0.29) is 5.41 Å². The lowest BCUT2D eigenvalue weighted by Crippen LogP contribution is -2.10. The fraction of sp³-hybridized carbons (Fsp3) is 0.533. The normalized spacial score (nSPS) is 11.5. The fourth-order valence-corrected chi connectivity index (χ4v) is 2.39. The summed E-state index contributed by atoms with van der Waals surface area (Å²) in [5.74, 6) is 0.953.